The first kappa shape index (κ1) is 19.6. The Morgan fingerprint density at radius 3 is 2.93 bits per heavy atom. The van der Waals surface area contributed by atoms with Crippen molar-refractivity contribution in [1.82, 2.24) is 15.5 Å². The van der Waals surface area contributed by atoms with E-state index in [1.54, 1.807) is 6.20 Å². The van der Waals surface area contributed by atoms with Crippen LogP contribution in [0.25, 0.3) is 0 Å². The second-order valence-corrected chi connectivity index (χ2v) is 7.38. The molecule has 2 aliphatic rings. The molecule has 1 fully saturated rings. The third kappa shape index (κ3) is 6.39. The number of anilines is 1. The first-order valence-corrected chi connectivity index (χ1v) is 10.4. The van der Waals surface area contributed by atoms with Crippen LogP contribution in [0, 0.1) is 5.92 Å². The van der Waals surface area contributed by atoms with Crippen LogP contribution in [0.2, 0.25) is 0 Å². The number of aromatic amines is 1. The van der Waals surface area contributed by atoms with Gasteiger partial charge in [-0.05, 0) is 43.4 Å². The van der Waals surface area contributed by atoms with Crippen molar-refractivity contribution in [3.8, 4) is 11.5 Å². The van der Waals surface area contributed by atoms with Gasteiger partial charge in [-0.15, -0.1) is 0 Å². The van der Waals surface area contributed by atoms with Gasteiger partial charge < -0.3 is 24.8 Å². The van der Waals surface area contributed by atoms with Gasteiger partial charge in [0.1, 0.15) is 0 Å². The lowest BCUT2D eigenvalue weighted by atomic mass is 10.2. The molecule has 8 heteroatoms. The molecule has 0 spiro atoms. The van der Waals surface area contributed by atoms with Gasteiger partial charge >= 0.3 is 0 Å². The summed E-state index contributed by atoms with van der Waals surface area (Å²) in [4.78, 5) is 4.66. The van der Waals surface area contributed by atoms with E-state index in [2.05, 4.69) is 25.8 Å². The summed E-state index contributed by atoms with van der Waals surface area (Å²) in [5, 5.41) is 13.6. The second kappa shape index (κ2) is 10.2. The summed E-state index contributed by atoms with van der Waals surface area (Å²) < 4.78 is 17.2. The lowest BCUT2D eigenvalue weighted by molar-refractivity contribution is 0.123. The highest BCUT2D eigenvalue weighted by Crippen LogP contribution is 2.32. The highest BCUT2D eigenvalue weighted by atomic mass is 16.5. The first-order chi connectivity index (χ1) is 14.4. The normalized spacial score (nSPS) is 16.3. The van der Waals surface area contributed by atoms with Crippen LogP contribution in [0.3, 0.4) is 0 Å². The van der Waals surface area contributed by atoms with Gasteiger partial charge in [0.15, 0.2) is 17.5 Å². The highest BCUT2D eigenvalue weighted by Gasteiger charge is 2.20. The molecule has 0 bridgehead atoms. The molecular weight excluding hydrogens is 370 g/mol. The summed E-state index contributed by atoms with van der Waals surface area (Å²) in [6, 6.07) is 7.77. The van der Waals surface area contributed by atoms with Gasteiger partial charge in [0, 0.05) is 44.1 Å². The van der Waals surface area contributed by atoms with Crippen molar-refractivity contribution in [2.24, 2.45) is 10.9 Å². The fourth-order valence-electron chi connectivity index (χ4n) is 2.97. The van der Waals surface area contributed by atoms with Crippen molar-refractivity contribution in [2.45, 2.75) is 32.2 Å². The Kier molecular flexibility index (Phi) is 6.85. The van der Waals surface area contributed by atoms with Crippen molar-refractivity contribution in [1.29, 1.82) is 0 Å². The van der Waals surface area contributed by atoms with Crippen LogP contribution in [0.4, 0.5) is 5.69 Å². The highest BCUT2D eigenvalue weighted by molar-refractivity contribution is 5.93. The van der Waals surface area contributed by atoms with Crippen molar-refractivity contribution < 1.29 is 14.2 Å². The smallest absolute Gasteiger partial charge is 0.196 e. The Morgan fingerprint density at radius 1 is 1.21 bits per heavy atom. The molecule has 156 valence electrons. The molecule has 8 nitrogen and oxygen atoms in total. The predicted octanol–water partition coefficient (Wildman–Crippen LogP) is 2.95. The molecule has 1 aliphatic heterocycles. The molecule has 2 aromatic rings. The molecule has 3 N–H and O–H groups in total. The molecule has 0 unspecified atom stereocenters. The van der Waals surface area contributed by atoms with E-state index in [0.29, 0.717) is 25.7 Å². The summed E-state index contributed by atoms with van der Waals surface area (Å²) in [7, 11) is 0. The minimum absolute atomic E-state index is 0.512. The Morgan fingerprint density at radius 2 is 2.10 bits per heavy atom. The van der Waals surface area contributed by atoms with E-state index in [0.717, 1.165) is 61.4 Å². The molecule has 2 heterocycles. The van der Waals surface area contributed by atoms with Crippen LogP contribution in [0.5, 0.6) is 11.5 Å². The van der Waals surface area contributed by atoms with E-state index in [-0.39, 0.29) is 0 Å². The van der Waals surface area contributed by atoms with Crippen LogP contribution in [-0.2, 0) is 11.3 Å². The van der Waals surface area contributed by atoms with E-state index in [9.17, 15) is 0 Å². The first-order valence-electron chi connectivity index (χ1n) is 10.4. The van der Waals surface area contributed by atoms with Gasteiger partial charge in [0.05, 0.1) is 25.5 Å². The summed E-state index contributed by atoms with van der Waals surface area (Å²) in [6.07, 6.45) is 6.19. The van der Waals surface area contributed by atoms with Crippen molar-refractivity contribution in [3.63, 3.8) is 0 Å². The molecular formula is C21H29N5O3. The molecule has 4 rings (SSSR count). The number of ether oxygens (including phenoxy) is 3. The summed E-state index contributed by atoms with van der Waals surface area (Å²) >= 11 is 0. The number of nitrogens with one attached hydrogen (secondary N) is 3. The van der Waals surface area contributed by atoms with Crippen LogP contribution in [0.1, 0.15) is 31.4 Å². The Hall–Kier alpha value is -2.74. The lowest BCUT2D eigenvalue weighted by Crippen LogP contribution is -2.32. The van der Waals surface area contributed by atoms with Crippen molar-refractivity contribution in [2.75, 3.05) is 38.3 Å². The minimum atomic E-state index is 0.512. The maximum atomic E-state index is 5.78. The predicted molar refractivity (Wildman–Crippen MR) is 112 cm³/mol. The molecule has 1 saturated carbocycles. The minimum Gasteiger partial charge on any atom is -0.490 e. The zero-order valence-corrected chi connectivity index (χ0v) is 16.7. The monoisotopic (exact) mass is 399 g/mol. The maximum absolute atomic E-state index is 5.78. The average molecular weight is 399 g/mol. The van der Waals surface area contributed by atoms with Gasteiger partial charge in [-0.1, -0.05) is 0 Å². The molecule has 0 radical (unpaired) electrons. The topological polar surface area (TPSA) is 92.8 Å². The molecule has 1 aliphatic carbocycles. The number of guanidine groups is 1. The number of benzene rings is 1. The van der Waals surface area contributed by atoms with Crippen LogP contribution in [0.15, 0.2) is 35.5 Å². The number of hydrogen-bond acceptors (Lipinski definition) is 5. The zero-order chi connectivity index (χ0) is 19.7. The molecule has 0 atom stereocenters. The van der Waals surface area contributed by atoms with E-state index in [1.807, 2.05) is 24.3 Å². The lowest BCUT2D eigenvalue weighted by Gasteiger charge is -2.14. The average Bonchev–Trinajstić information content (AvgIpc) is 3.47. The van der Waals surface area contributed by atoms with Crippen LogP contribution >= 0.6 is 0 Å². The second-order valence-electron chi connectivity index (χ2n) is 7.38. The van der Waals surface area contributed by atoms with Crippen LogP contribution in [-0.4, -0.2) is 49.1 Å². The summed E-state index contributed by atoms with van der Waals surface area (Å²) in [5.41, 5.74) is 1.85. The fourth-order valence-corrected chi connectivity index (χ4v) is 2.97. The number of rotatable bonds is 9. The van der Waals surface area contributed by atoms with Gasteiger partial charge in [-0.3, -0.25) is 5.10 Å². The van der Waals surface area contributed by atoms with E-state index >= 15 is 0 Å². The molecule has 1 aromatic carbocycles. The number of fused-ring (bicyclic) bond motifs is 1. The van der Waals surface area contributed by atoms with E-state index < -0.39 is 0 Å². The van der Waals surface area contributed by atoms with E-state index in [1.165, 1.54) is 12.8 Å². The van der Waals surface area contributed by atoms with Crippen LogP contribution < -0.4 is 20.1 Å². The molecule has 0 amide bonds. The number of aromatic nitrogens is 2. The SMILES string of the molecule is c1cc(CN=C(NCCCOCC2CC2)Nc2ccc3c(c2)OCCCO3)[nH]n1. The van der Waals surface area contributed by atoms with Gasteiger partial charge in [-0.25, -0.2) is 4.99 Å². The number of hydrogen-bond donors (Lipinski definition) is 3. The van der Waals surface area contributed by atoms with E-state index in [4.69, 9.17) is 14.2 Å². The Bertz CT molecular complexity index is 790. The van der Waals surface area contributed by atoms with Gasteiger partial charge in [0.2, 0.25) is 0 Å². The fraction of sp³-hybridized carbons (Fsp3) is 0.524. The largest absolute Gasteiger partial charge is 0.490 e. The Labute approximate surface area is 171 Å². The molecule has 29 heavy (non-hydrogen) atoms. The van der Waals surface area contributed by atoms with Crippen molar-refractivity contribution in [3.05, 3.63) is 36.2 Å². The molecule has 1 aromatic heterocycles. The zero-order valence-electron chi connectivity index (χ0n) is 16.7. The number of nitrogens with zero attached hydrogens (tertiary/aromatic N) is 2. The maximum Gasteiger partial charge on any atom is 0.196 e. The standard InChI is InChI=1S/C21H29N5O3/c1(10-27-15-16-3-4-16)8-22-21(23-14-18-7-9-24-26-18)25-17-5-6-19-20(13-17)29-12-2-11-28-19/h5-7,9,13,16H,1-4,8,10-12,14-15H2,(H,24,26)(H2,22,23,25). The molecule has 0 saturated heterocycles. The van der Waals surface area contributed by atoms with Gasteiger partial charge in [0.25, 0.3) is 0 Å². The third-order valence-corrected chi connectivity index (χ3v) is 4.78. The summed E-state index contributed by atoms with van der Waals surface area (Å²) in [5.74, 6) is 3.05. The van der Waals surface area contributed by atoms with Crippen molar-refractivity contribution >= 4 is 11.6 Å². The Balaban J connectivity index is 1.33. The quantitative estimate of drug-likeness (QED) is 0.341. The number of H-pyrrole nitrogens is 1. The van der Waals surface area contributed by atoms with Gasteiger partial charge in [-0.2, -0.15) is 5.10 Å². The third-order valence-electron chi connectivity index (χ3n) is 4.78. The number of aliphatic imine (C=N–C) groups is 1. The summed E-state index contributed by atoms with van der Waals surface area (Å²) in [6.45, 7) is 4.30.